The van der Waals surface area contributed by atoms with Crippen molar-refractivity contribution < 1.29 is 24.2 Å². The number of phenolic OH excluding ortho intramolecular Hbond substituents is 1. The van der Waals surface area contributed by atoms with Gasteiger partial charge in [-0.3, -0.25) is 4.57 Å². The predicted octanol–water partition coefficient (Wildman–Crippen LogP) is 5.42. The number of aromatic hydroxyl groups is 1. The second-order valence-corrected chi connectivity index (χ2v) is 8.01. The number of ether oxygens (including phenoxy) is 1. The lowest BCUT2D eigenvalue weighted by molar-refractivity contribution is 0.300. The summed E-state index contributed by atoms with van der Waals surface area (Å²) in [7, 11) is -4.21. The van der Waals surface area contributed by atoms with Crippen LogP contribution < -0.4 is 10.1 Å². The average molecular weight is 395 g/mol. The van der Waals surface area contributed by atoms with Crippen LogP contribution in [0.4, 0.5) is 11.4 Å². The molecule has 6 nitrogen and oxygen atoms in total. The van der Waals surface area contributed by atoms with Gasteiger partial charge >= 0.3 is 7.60 Å². The minimum Gasteiger partial charge on any atom is -0.508 e. The van der Waals surface area contributed by atoms with Crippen LogP contribution in [0.1, 0.15) is 50.3 Å². The van der Waals surface area contributed by atoms with Crippen LogP contribution in [-0.2, 0) is 4.57 Å². The van der Waals surface area contributed by atoms with Crippen molar-refractivity contribution in [1.82, 2.24) is 0 Å². The Morgan fingerprint density at radius 3 is 2.11 bits per heavy atom. The van der Waals surface area contributed by atoms with E-state index >= 15 is 0 Å². The highest BCUT2D eigenvalue weighted by Crippen LogP contribution is 2.36. The van der Waals surface area contributed by atoms with Crippen LogP contribution in [-0.4, -0.2) is 21.2 Å². The van der Waals surface area contributed by atoms with E-state index in [0.29, 0.717) is 5.75 Å². The normalized spacial score (nSPS) is 11.0. The summed E-state index contributed by atoms with van der Waals surface area (Å²) in [4.78, 5) is 17.8. The van der Waals surface area contributed by atoms with Gasteiger partial charge in [0.2, 0.25) is 0 Å². The fourth-order valence-corrected chi connectivity index (χ4v) is 2.92. The quantitative estimate of drug-likeness (QED) is 0.385. The Bertz CT molecular complexity index is 791. The number of phenols is 1. The van der Waals surface area contributed by atoms with E-state index in [2.05, 4.69) is 5.32 Å². The maximum atomic E-state index is 10.9. The van der Waals surface area contributed by atoms with Crippen molar-refractivity contribution in [2.24, 2.45) is 0 Å². The molecule has 2 aromatic carbocycles. The molecule has 2 rings (SSSR count). The molecule has 2 aromatic rings. The van der Waals surface area contributed by atoms with Crippen molar-refractivity contribution in [2.75, 3.05) is 11.7 Å². The van der Waals surface area contributed by atoms with Gasteiger partial charge in [0.1, 0.15) is 11.5 Å². The topological polar surface area (TPSA) is 99.0 Å². The third-order valence-corrected chi connectivity index (χ3v) is 4.29. The summed E-state index contributed by atoms with van der Waals surface area (Å²) < 4.78 is 16.1. The Kier molecular flexibility index (Phi) is 8.35. The molecule has 0 unspecified atom stereocenters. The molecule has 0 radical (unpaired) electrons. The Labute approximate surface area is 161 Å². The van der Waals surface area contributed by atoms with E-state index in [-0.39, 0.29) is 11.7 Å². The number of benzene rings is 2. The van der Waals surface area contributed by atoms with Crippen molar-refractivity contribution in [1.29, 1.82) is 0 Å². The average Bonchev–Trinajstić information content (AvgIpc) is 2.58. The molecule has 27 heavy (non-hydrogen) atoms. The third-order valence-electron chi connectivity index (χ3n) is 3.82. The molecule has 150 valence electrons. The number of hydrogen-bond acceptors (Lipinski definition) is 4. The number of anilines is 2. The SMILES string of the molecule is CC.Cc1cc(OCP(=O)(O)O)cc(C)c1Nc1ccc(O)c(C(C)C)c1. The Morgan fingerprint density at radius 1 is 1.07 bits per heavy atom. The first-order valence-corrected chi connectivity index (χ1v) is 10.7. The fraction of sp³-hybridized carbons (Fsp3) is 0.400. The molecule has 0 aromatic heterocycles. The Morgan fingerprint density at radius 2 is 1.63 bits per heavy atom. The second kappa shape index (κ2) is 9.79. The summed E-state index contributed by atoms with van der Waals surface area (Å²) in [6.45, 7) is 11.8. The summed E-state index contributed by atoms with van der Waals surface area (Å²) in [6, 6.07) is 8.85. The van der Waals surface area contributed by atoms with E-state index in [4.69, 9.17) is 14.5 Å². The monoisotopic (exact) mass is 395 g/mol. The molecule has 0 aliphatic carbocycles. The van der Waals surface area contributed by atoms with Crippen LogP contribution in [0.3, 0.4) is 0 Å². The van der Waals surface area contributed by atoms with Crippen molar-refractivity contribution in [3.63, 3.8) is 0 Å². The predicted molar refractivity (Wildman–Crippen MR) is 110 cm³/mol. The molecular formula is C20H30NO5P. The molecule has 0 bridgehead atoms. The molecule has 0 heterocycles. The summed E-state index contributed by atoms with van der Waals surface area (Å²) in [5.74, 6) is 0.889. The molecule has 0 aliphatic heterocycles. The van der Waals surface area contributed by atoms with Gasteiger partial charge in [0.25, 0.3) is 0 Å². The van der Waals surface area contributed by atoms with Gasteiger partial charge in [0.05, 0.1) is 0 Å². The Hall–Kier alpha value is -2.01. The van der Waals surface area contributed by atoms with Crippen LogP contribution in [0.25, 0.3) is 0 Å². The zero-order chi connectivity index (χ0) is 20.8. The third kappa shape index (κ3) is 6.90. The standard InChI is InChI=1S/C18H24NO5P.C2H6/c1-11(2)16-9-14(5-6-17(16)20)19-18-12(3)7-15(8-13(18)4)24-10-25(21,22)23;1-2/h5-9,11,19-20H,10H2,1-4H3,(H2,21,22,23);1-2H3. The zero-order valence-corrected chi connectivity index (χ0v) is 17.7. The summed E-state index contributed by atoms with van der Waals surface area (Å²) in [5.41, 5.74) is 4.39. The van der Waals surface area contributed by atoms with Crippen LogP contribution >= 0.6 is 7.60 Å². The highest BCUT2D eigenvalue weighted by Gasteiger charge is 2.15. The summed E-state index contributed by atoms with van der Waals surface area (Å²) in [6.07, 6.45) is -0.644. The van der Waals surface area contributed by atoms with E-state index in [1.807, 2.05) is 47.6 Å². The Balaban J connectivity index is 0.00000176. The largest absolute Gasteiger partial charge is 0.508 e. The summed E-state index contributed by atoms with van der Waals surface area (Å²) in [5, 5.41) is 13.3. The van der Waals surface area contributed by atoms with Gasteiger partial charge in [-0.15, -0.1) is 0 Å². The van der Waals surface area contributed by atoms with E-state index in [1.165, 1.54) is 0 Å². The maximum absolute atomic E-state index is 10.9. The van der Waals surface area contributed by atoms with E-state index in [9.17, 15) is 9.67 Å². The van der Waals surface area contributed by atoms with E-state index in [0.717, 1.165) is 28.1 Å². The number of rotatable bonds is 6. The first-order chi connectivity index (χ1) is 12.6. The molecule has 0 saturated carbocycles. The minimum atomic E-state index is -4.21. The van der Waals surface area contributed by atoms with E-state index in [1.54, 1.807) is 24.3 Å². The number of aryl methyl sites for hydroxylation is 2. The molecule has 0 saturated heterocycles. The highest BCUT2D eigenvalue weighted by atomic mass is 31.2. The lowest BCUT2D eigenvalue weighted by Gasteiger charge is -2.17. The van der Waals surface area contributed by atoms with E-state index < -0.39 is 13.9 Å². The molecule has 0 fully saturated rings. The fourth-order valence-electron chi connectivity index (χ4n) is 2.60. The summed E-state index contributed by atoms with van der Waals surface area (Å²) >= 11 is 0. The number of hydrogen-bond donors (Lipinski definition) is 4. The lowest BCUT2D eigenvalue weighted by atomic mass is 10.0. The zero-order valence-electron chi connectivity index (χ0n) is 16.8. The van der Waals surface area contributed by atoms with Crippen molar-refractivity contribution in [3.05, 3.63) is 47.0 Å². The lowest BCUT2D eigenvalue weighted by Crippen LogP contribution is -2.01. The molecule has 4 N–H and O–H groups in total. The molecule has 0 amide bonds. The van der Waals surface area contributed by atoms with Gasteiger partial charge in [-0.25, -0.2) is 0 Å². The maximum Gasteiger partial charge on any atom is 0.362 e. The first kappa shape index (κ1) is 23.0. The van der Waals surface area contributed by atoms with Gasteiger partial charge in [0.15, 0.2) is 6.35 Å². The van der Waals surface area contributed by atoms with Gasteiger partial charge in [0, 0.05) is 11.4 Å². The van der Waals surface area contributed by atoms with Crippen LogP contribution in [0, 0.1) is 13.8 Å². The first-order valence-electron chi connectivity index (χ1n) is 8.95. The highest BCUT2D eigenvalue weighted by molar-refractivity contribution is 7.51. The second-order valence-electron chi connectivity index (χ2n) is 6.42. The van der Waals surface area contributed by atoms with Crippen molar-refractivity contribution in [3.8, 4) is 11.5 Å². The van der Waals surface area contributed by atoms with Crippen molar-refractivity contribution >= 4 is 19.0 Å². The molecule has 0 atom stereocenters. The van der Waals surface area contributed by atoms with Crippen LogP contribution in [0.5, 0.6) is 11.5 Å². The van der Waals surface area contributed by atoms with Crippen LogP contribution in [0.2, 0.25) is 0 Å². The minimum absolute atomic E-state index is 0.201. The molecule has 7 heteroatoms. The molecule has 0 spiro atoms. The number of nitrogens with one attached hydrogen (secondary N) is 1. The van der Waals surface area contributed by atoms with Crippen molar-refractivity contribution in [2.45, 2.75) is 47.5 Å². The smallest absolute Gasteiger partial charge is 0.362 e. The van der Waals surface area contributed by atoms with Gasteiger partial charge in [-0.1, -0.05) is 27.7 Å². The van der Waals surface area contributed by atoms with Gasteiger partial charge in [-0.2, -0.15) is 0 Å². The molecule has 0 aliphatic rings. The van der Waals surface area contributed by atoms with Gasteiger partial charge < -0.3 is 24.9 Å². The van der Waals surface area contributed by atoms with Gasteiger partial charge in [-0.05, 0) is 66.8 Å². The molecular weight excluding hydrogens is 365 g/mol. The van der Waals surface area contributed by atoms with Crippen LogP contribution in [0.15, 0.2) is 30.3 Å².